The number of hydrogen-bond acceptors (Lipinski definition) is 4. The van der Waals surface area contributed by atoms with Gasteiger partial charge >= 0.3 is 0 Å². The first-order valence-corrected chi connectivity index (χ1v) is 8.49. The number of aliphatic hydroxyl groups is 1. The number of nitrogens with zero attached hydrogens (tertiary/aromatic N) is 3. The fourth-order valence-electron chi connectivity index (χ4n) is 3.34. The third-order valence-corrected chi connectivity index (χ3v) is 4.75. The van der Waals surface area contributed by atoms with Crippen molar-refractivity contribution in [1.29, 1.82) is 0 Å². The third-order valence-electron chi connectivity index (χ3n) is 4.75. The van der Waals surface area contributed by atoms with Gasteiger partial charge in [-0.25, -0.2) is 8.78 Å². The van der Waals surface area contributed by atoms with E-state index in [0.717, 1.165) is 38.3 Å². The maximum absolute atomic E-state index is 13.4. The number of likely N-dealkylation sites (N-methyl/N-ethyl adjacent to an activating group) is 2. The molecule has 1 N–H and O–H groups in total. The van der Waals surface area contributed by atoms with Crippen LogP contribution in [0.5, 0.6) is 0 Å². The minimum absolute atomic E-state index is 0.167. The predicted octanol–water partition coefficient (Wildman–Crippen LogP) is 1.50. The summed E-state index contributed by atoms with van der Waals surface area (Å²) in [5.74, 6) is -0.983. The van der Waals surface area contributed by atoms with Gasteiger partial charge in [0, 0.05) is 45.9 Å². The molecule has 4 nitrogen and oxygen atoms in total. The van der Waals surface area contributed by atoms with Crippen LogP contribution in [0.1, 0.15) is 5.56 Å². The molecule has 1 aromatic carbocycles. The van der Waals surface area contributed by atoms with Gasteiger partial charge in [0.15, 0.2) is 11.6 Å². The van der Waals surface area contributed by atoms with E-state index in [1.807, 2.05) is 0 Å². The van der Waals surface area contributed by atoms with E-state index in [9.17, 15) is 13.9 Å². The van der Waals surface area contributed by atoms with Crippen LogP contribution in [0.15, 0.2) is 18.2 Å². The second-order valence-corrected chi connectivity index (χ2v) is 7.21. The molecule has 0 saturated carbocycles. The van der Waals surface area contributed by atoms with E-state index >= 15 is 0 Å². The molecule has 6 heteroatoms. The molecule has 136 valence electrons. The lowest BCUT2D eigenvalue weighted by atomic mass is 9.96. The summed E-state index contributed by atoms with van der Waals surface area (Å²) in [6, 6.07) is 4.07. The largest absolute Gasteiger partial charge is 0.396 e. The summed E-state index contributed by atoms with van der Waals surface area (Å²) < 4.78 is 26.4. The van der Waals surface area contributed by atoms with Crippen LogP contribution in [0, 0.1) is 23.5 Å². The van der Waals surface area contributed by atoms with Gasteiger partial charge in [0.2, 0.25) is 0 Å². The van der Waals surface area contributed by atoms with Gasteiger partial charge in [-0.3, -0.25) is 4.90 Å². The Kier molecular flexibility index (Phi) is 7.10. The van der Waals surface area contributed by atoms with E-state index < -0.39 is 11.6 Å². The molecule has 1 aromatic rings. The van der Waals surface area contributed by atoms with E-state index in [2.05, 4.69) is 35.8 Å². The Morgan fingerprint density at radius 2 is 1.79 bits per heavy atom. The molecular formula is C18H29F2N3O. The van der Waals surface area contributed by atoms with Gasteiger partial charge in [-0.05, 0) is 50.7 Å². The number of benzene rings is 1. The minimum atomic E-state index is -0.811. The fraction of sp³-hybridized carbons (Fsp3) is 0.667. The highest BCUT2D eigenvalue weighted by molar-refractivity contribution is 5.18. The summed E-state index contributed by atoms with van der Waals surface area (Å²) in [6.45, 7) is 5.36. The highest BCUT2D eigenvalue weighted by Gasteiger charge is 2.32. The van der Waals surface area contributed by atoms with Crippen molar-refractivity contribution in [3.63, 3.8) is 0 Å². The molecule has 2 rings (SSSR count). The zero-order valence-electron chi connectivity index (χ0n) is 14.9. The van der Waals surface area contributed by atoms with Crippen LogP contribution >= 0.6 is 0 Å². The van der Waals surface area contributed by atoms with E-state index in [-0.39, 0.29) is 12.5 Å². The Morgan fingerprint density at radius 1 is 1.08 bits per heavy atom. The molecule has 2 atom stereocenters. The lowest BCUT2D eigenvalue weighted by Gasteiger charge is -2.25. The second-order valence-electron chi connectivity index (χ2n) is 7.21. The van der Waals surface area contributed by atoms with Crippen LogP contribution in [0.4, 0.5) is 8.78 Å². The molecule has 0 radical (unpaired) electrons. The second kappa shape index (κ2) is 8.85. The highest BCUT2D eigenvalue weighted by Crippen LogP contribution is 2.25. The fourth-order valence-corrected chi connectivity index (χ4v) is 3.34. The first-order chi connectivity index (χ1) is 11.4. The monoisotopic (exact) mass is 341 g/mol. The molecule has 1 aliphatic heterocycles. The summed E-state index contributed by atoms with van der Waals surface area (Å²) in [4.78, 5) is 6.68. The number of halogens is 2. The topological polar surface area (TPSA) is 30.0 Å². The molecule has 1 saturated heterocycles. The van der Waals surface area contributed by atoms with E-state index in [1.165, 1.54) is 12.1 Å². The van der Waals surface area contributed by atoms with Crippen LogP contribution in [0.3, 0.4) is 0 Å². The van der Waals surface area contributed by atoms with Crippen molar-refractivity contribution in [1.82, 2.24) is 14.7 Å². The van der Waals surface area contributed by atoms with E-state index in [4.69, 9.17) is 0 Å². The van der Waals surface area contributed by atoms with Crippen molar-refractivity contribution < 1.29 is 13.9 Å². The summed E-state index contributed by atoms with van der Waals surface area (Å²) in [5.41, 5.74) is 0.771. The van der Waals surface area contributed by atoms with Crippen molar-refractivity contribution in [3.8, 4) is 0 Å². The summed E-state index contributed by atoms with van der Waals surface area (Å²) in [7, 11) is 6.23. The first kappa shape index (κ1) is 19.2. The van der Waals surface area contributed by atoms with Gasteiger partial charge in [-0.1, -0.05) is 6.07 Å². The van der Waals surface area contributed by atoms with Crippen LogP contribution in [0.25, 0.3) is 0 Å². The molecule has 0 aromatic heterocycles. The molecule has 1 aliphatic rings. The summed E-state index contributed by atoms with van der Waals surface area (Å²) in [6.07, 6.45) is 0. The summed E-state index contributed by atoms with van der Waals surface area (Å²) in [5, 5.41) is 9.67. The lowest BCUT2D eigenvalue weighted by Crippen LogP contribution is -2.35. The van der Waals surface area contributed by atoms with Gasteiger partial charge in [0.25, 0.3) is 0 Å². The van der Waals surface area contributed by atoms with Crippen molar-refractivity contribution in [2.24, 2.45) is 11.8 Å². The molecule has 0 bridgehead atoms. The van der Waals surface area contributed by atoms with Crippen LogP contribution < -0.4 is 0 Å². The number of likely N-dealkylation sites (tertiary alicyclic amines) is 1. The average Bonchev–Trinajstić information content (AvgIpc) is 2.90. The highest BCUT2D eigenvalue weighted by atomic mass is 19.2. The smallest absolute Gasteiger partial charge is 0.159 e. The van der Waals surface area contributed by atoms with Gasteiger partial charge in [-0.15, -0.1) is 0 Å². The van der Waals surface area contributed by atoms with Crippen molar-refractivity contribution >= 4 is 0 Å². The van der Waals surface area contributed by atoms with Crippen LogP contribution in [0.2, 0.25) is 0 Å². The number of hydrogen-bond donors (Lipinski definition) is 1. The quantitative estimate of drug-likeness (QED) is 0.776. The minimum Gasteiger partial charge on any atom is -0.396 e. The molecule has 0 unspecified atom stereocenters. The maximum Gasteiger partial charge on any atom is 0.159 e. The number of rotatable bonds is 8. The zero-order valence-corrected chi connectivity index (χ0v) is 14.9. The van der Waals surface area contributed by atoms with Crippen molar-refractivity contribution in [2.45, 2.75) is 6.54 Å². The number of aliphatic hydroxyl groups excluding tert-OH is 1. The van der Waals surface area contributed by atoms with Crippen molar-refractivity contribution in [2.75, 3.05) is 60.5 Å². The lowest BCUT2D eigenvalue weighted by molar-refractivity contribution is 0.171. The van der Waals surface area contributed by atoms with Gasteiger partial charge in [-0.2, -0.15) is 0 Å². The molecule has 24 heavy (non-hydrogen) atoms. The molecule has 0 amide bonds. The molecule has 0 aliphatic carbocycles. The van der Waals surface area contributed by atoms with E-state index in [0.29, 0.717) is 12.5 Å². The van der Waals surface area contributed by atoms with Gasteiger partial charge < -0.3 is 14.9 Å². The van der Waals surface area contributed by atoms with Crippen molar-refractivity contribution in [3.05, 3.63) is 35.4 Å². The Bertz CT molecular complexity index is 527. The first-order valence-electron chi connectivity index (χ1n) is 8.49. The third kappa shape index (κ3) is 5.48. The van der Waals surface area contributed by atoms with Gasteiger partial charge in [0.1, 0.15) is 0 Å². The Labute approximate surface area is 143 Å². The Balaban J connectivity index is 1.89. The molecule has 1 heterocycles. The molecule has 1 fully saturated rings. The molecule has 0 spiro atoms. The normalized spacial score (nSPS) is 22.0. The zero-order chi connectivity index (χ0) is 17.7. The standard InChI is InChI=1S/C18H29F2N3O/c1-21(2)6-7-22(3)10-15-11-23(12-16(15)13-24)9-14-4-5-17(19)18(20)8-14/h4-5,8,15-16,24H,6-7,9-13H2,1-3H3/t15-,16-/m1/s1. The Hall–Kier alpha value is -1.08. The summed E-state index contributed by atoms with van der Waals surface area (Å²) >= 11 is 0. The maximum atomic E-state index is 13.4. The average molecular weight is 341 g/mol. The predicted molar refractivity (Wildman–Crippen MR) is 91.8 cm³/mol. The van der Waals surface area contributed by atoms with Crippen LogP contribution in [-0.4, -0.2) is 80.3 Å². The SMILES string of the molecule is CN(C)CCN(C)C[C@@H]1CN(Cc2ccc(F)c(F)c2)C[C@@H]1CO. The van der Waals surface area contributed by atoms with Gasteiger partial charge in [0.05, 0.1) is 0 Å². The van der Waals surface area contributed by atoms with E-state index in [1.54, 1.807) is 6.07 Å². The molecular weight excluding hydrogens is 312 g/mol. The van der Waals surface area contributed by atoms with Crippen LogP contribution in [-0.2, 0) is 6.54 Å². The Morgan fingerprint density at radius 3 is 2.42 bits per heavy atom.